The molecule has 1 unspecified atom stereocenters. The number of nitrogens with one attached hydrogen (secondary N) is 1. The molecule has 0 aromatic heterocycles. The lowest BCUT2D eigenvalue weighted by Crippen LogP contribution is -2.50. The quantitative estimate of drug-likeness (QED) is 0.532. The van der Waals surface area contributed by atoms with Crippen molar-refractivity contribution in [2.75, 3.05) is 0 Å². The van der Waals surface area contributed by atoms with Crippen molar-refractivity contribution in [3.05, 3.63) is 0 Å². The topological polar surface area (TPSA) is 98.5 Å². The Labute approximate surface area is 120 Å². The van der Waals surface area contributed by atoms with Gasteiger partial charge in [-0.2, -0.15) is 0 Å². The molecule has 0 aliphatic rings. The molecule has 20 heavy (non-hydrogen) atoms. The number of rotatable bonds is 7. The molecule has 0 aliphatic heterocycles. The average molecular weight is 286 g/mol. The van der Waals surface area contributed by atoms with Crippen LogP contribution in [-0.4, -0.2) is 35.8 Å². The summed E-state index contributed by atoms with van der Waals surface area (Å²) in [5, 5.41) is 2.48. The Morgan fingerprint density at radius 3 is 2.25 bits per heavy atom. The number of hydrogen-bond donors (Lipinski definition) is 2. The highest BCUT2D eigenvalue weighted by atomic mass is 16.6. The Morgan fingerprint density at radius 1 is 1.30 bits per heavy atom. The van der Waals surface area contributed by atoms with Crippen molar-refractivity contribution in [2.24, 2.45) is 11.7 Å². The van der Waals surface area contributed by atoms with Gasteiger partial charge in [-0.25, -0.2) is 4.79 Å². The summed E-state index contributed by atoms with van der Waals surface area (Å²) in [5.74, 6) is -0.812. The SMILES string of the molecule is CC(C)C[C@H](N)C(=O)NC(CC=O)C(=O)OC(C)(C)C. The fraction of sp³-hybridized carbons (Fsp3) is 0.786. The van der Waals surface area contributed by atoms with Gasteiger partial charge in [0.1, 0.15) is 17.9 Å². The summed E-state index contributed by atoms with van der Waals surface area (Å²) in [6.07, 6.45) is 0.950. The zero-order chi connectivity index (χ0) is 15.9. The Hall–Kier alpha value is -1.43. The van der Waals surface area contributed by atoms with Crippen LogP contribution in [0.3, 0.4) is 0 Å². The van der Waals surface area contributed by atoms with Crippen molar-refractivity contribution in [1.82, 2.24) is 5.32 Å². The molecule has 6 heteroatoms. The highest BCUT2D eigenvalue weighted by Gasteiger charge is 2.28. The van der Waals surface area contributed by atoms with Gasteiger partial charge in [-0.05, 0) is 33.1 Å². The van der Waals surface area contributed by atoms with Gasteiger partial charge in [0.05, 0.1) is 6.04 Å². The molecular weight excluding hydrogens is 260 g/mol. The van der Waals surface area contributed by atoms with Crippen LogP contribution in [0.4, 0.5) is 0 Å². The van der Waals surface area contributed by atoms with Gasteiger partial charge in [-0.15, -0.1) is 0 Å². The van der Waals surface area contributed by atoms with Crippen LogP contribution in [0, 0.1) is 5.92 Å². The number of amides is 1. The lowest BCUT2D eigenvalue weighted by molar-refractivity contribution is -0.159. The van der Waals surface area contributed by atoms with Gasteiger partial charge >= 0.3 is 5.97 Å². The number of esters is 1. The molecule has 0 spiro atoms. The number of nitrogens with two attached hydrogens (primary N) is 1. The summed E-state index contributed by atoms with van der Waals surface area (Å²) in [4.78, 5) is 34.4. The van der Waals surface area contributed by atoms with Crippen LogP contribution in [0.1, 0.15) is 47.5 Å². The van der Waals surface area contributed by atoms with E-state index in [-0.39, 0.29) is 12.3 Å². The third-order valence-corrected chi connectivity index (χ3v) is 2.40. The molecule has 3 N–H and O–H groups in total. The van der Waals surface area contributed by atoms with Crippen molar-refractivity contribution < 1.29 is 19.1 Å². The van der Waals surface area contributed by atoms with E-state index in [0.29, 0.717) is 12.7 Å². The number of hydrogen-bond acceptors (Lipinski definition) is 5. The molecule has 1 amide bonds. The van der Waals surface area contributed by atoms with E-state index in [1.807, 2.05) is 13.8 Å². The van der Waals surface area contributed by atoms with Crippen molar-refractivity contribution in [2.45, 2.75) is 65.1 Å². The van der Waals surface area contributed by atoms with Gasteiger partial charge in [-0.1, -0.05) is 13.8 Å². The van der Waals surface area contributed by atoms with Crippen LogP contribution in [0.5, 0.6) is 0 Å². The van der Waals surface area contributed by atoms with Gasteiger partial charge in [0.2, 0.25) is 5.91 Å². The maximum Gasteiger partial charge on any atom is 0.329 e. The number of carbonyl (C=O) groups is 3. The molecule has 0 saturated heterocycles. The van der Waals surface area contributed by atoms with Crippen molar-refractivity contribution >= 4 is 18.2 Å². The predicted octanol–water partition coefficient (Wildman–Crippen LogP) is 0.775. The molecule has 0 heterocycles. The molecule has 0 aromatic rings. The third-order valence-electron chi connectivity index (χ3n) is 2.40. The molecule has 0 rings (SSSR count). The van der Waals surface area contributed by atoms with Crippen molar-refractivity contribution in [3.8, 4) is 0 Å². The first-order valence-electron chi connectivity index (χ1n) is 6.79. The van der Waals surface area contributed by atoms with E-state index in [4.69, 9.17) is 10.5 Å². The summed E-state index contributed by atoms with van der Waals surface area (Å²) in [6.45, 7) is 9.05. The van der Waals surface area contributed by atoms with E-state index >= 15 is 0 Å². The molecule has 116 valence electrons. The van der Waals surface area contributed by atoms with E-state index in [1.54, 1.807) is 20.8 Å². The van der Waals surface area contributed by atoms with Crippen LogP contribution < -0.4 is 11.1 Å². The van der Waals surface area contributed by atoms with E-state index < -0.39 is 29.6 Å². The average Bonchev–Trinajstić information content (AvgIpc) is 2.24. The van der Waals surface area contributed by atoms with Gasteiger partial charge in [0.15, 0.2) is 0 Å². The maximum absolute atomic E-state index is 11.9. The third kappa shape index (κ3) is 7.89. The highest BCUT2D eigenvalue weighted by Crippen LogP contribution is 2.10. The van der Waals surface area contributed by atoms with E-state index in [1.165, 1.54) is 0 Å². The fourth-order valence-corrected chi connectivity index (χ4v) is 1.58. The minimum Gasteiger partial charge on any atom is -0.458 e. The summed E-state index contributed by atoms with van der Waals surface area (Å²) in [5.41, 5.74) is 5.06. The van der Waals surface area contributed by atoms with Crippen LogP contribution in [0.25, 0.3) is 0 Å². The second-order valence-electron chi connectivity index (χ2n) is 6.23. The molecule has 0 aliphatic carbocycles. The Balaban J connectivity index is 4.65. The molecule has 0 saturated carbocycles. The summed E-state index contributed by atoms with van der Waals surface area (Å²) in [6, 6.07) is -1.69. The largest absolute Gasteiger partial charge is 0.458 e. The second kappa shape index (κ2) is 7.99. The Kier molecular flexibility index (Phi) is 7.42. The van der Waals surface area contributed by atoms with Crippen LogP contribution in [0.15, 0.2) is 0 Å². The van der Waals surface area contributed by atoms with Gasteiger partial charge in [0, 0.05) is 6.42 Å². The zero-order valence-electron chi connectivity index (χ0n) is 12.9. The lowest BCUT2D eigenvalue weighted by Gasteiger charge is -2.24. The van der Waals surface area contributed by atoms with E-state index in [0.717, 1.165) is 0 Å². The molecule has 0 radical (unpaired) electrons. The summed E-state index contributed by atoms with van der Waals surface area (Å²) < 4.78 is 5.16. The maximum atomic E-state index is 11.9. The normalized spacial score (nSPS) is 14.6. The molecule has 2 atom stereocenters. The Bertz CT molecular complexity index is 348. The first kappa shape index (κ1) is 18.6. The predicted molar refractivity (Wildman–Crippen MR) is 75.9 cm³/mol. The number of ether oxygens (including phenoxy) is 1. The Morgan fingerprint density at radius 2 is 1.85 bits per heavy atom. The minimum atomic E-state index is -0.988. The minimum absolute atomic E-state index is 0.130. The summed E-state index contributed by atoms with van der Waals surface area (Å²) in [7, 11) is 0. The lowest BCUT2D eigenvalue weighted by atomic mass is 10.0. The smallest absolute Gasteiger partial charge is 0.329 e. The molecular formula is C14H26N2O4. The number of aldehydes is 1. The van der Waals surface area contributed by atoms with Gasteiger partial charge in [-0.3, -0.25) is 4.79 Å². The standard InChI is InChI=1S/C14H26N2O4/c1-9(2)8-10(15)12(18)16-11(6-7-17)13(19)20-14(3,4)5/h7,9-11H,6,8,15H2,1-5H3,(H,16,18)/t10-,11?/m0/s1. The van der Waals surface area contributed by atoms with Crippen molar-refractivity contribution in [1.29, 1.82) is 0 Å². The second-order valence-corrected chi connectivity index (χ2v) is 6.23. The molecule has 0 bridgehead atoms. The molecule has 0 aromatic carbocycles. The zero-order valence-corrected chi connectivity index (χ0v) is 12.9. The van der Waals surface area contributed by atoms with Crippen LogP contribution in [0.2, 0.25) is 0 Å². The first-order chi connectivity index (χ1) is 9.06. The summed E-state index contributed by atoms with van der Waals surface area (Å²) >= 11 is 0. The number of carbonyl (C=O) groups excluding carboxylic acids is 3. The van der Waals surface area contributed by atoms with E-state index in [9.17, 15) is 14.4 Å². The van der Waals surface area contributed by atoms with Crippen LogP contribution >= 0.6 is 0 Å². The molecule has 6 nitrogen and oxygen atoms in total. The van der Waals surface area contributed by atoms with E-state index in [2.05, 4.69) is 5.32 Å². The fourth-order valence-electron chi connectivity index (χ4n) is 1.58. The van der Waals surface area contributed by atoms with Gasteiger partial charge < -0.3 is 20.6 Å². The monoisotopic (exact) mass is 286 g/mol. The highest BCUT2D eigenvalue weighted by molar-refractivity contribution is 5.88. The van der Waals surface area contributed by atoms with Gasteiger partial charge in [0.25, 0.3) is 0 Å². The van der Waals surface area contributed by atoms with Crippen molar-refractivity contribution in [3.63, 3.8) is 0 Å². The van der Waals surface area contributed by atoms with Crippen LogP contribution in [-0.2, 0) is 19.1 Å². The molecule has 0 fully saturated rings. The first-order valence-corrected chi connectivity index (χ1v) is 6.79.